The standard InChI is InChI=1S/C5H9F/c1-2-3-4-5-6/h3-4H,2,5H2,1H3/b4-3+. The molecule has 0 aliphatic rings. The van der Waals surface area contributed by atoms with Crippen LogP contribution in [0.5, 0.6) is 0 Å². The van der Waals surface area contributed by atoms with E-state index in [0.717, 1.165) is 6.42 Å². The Morgan fingerprint density at radius 3 is 2.33 bits per heavy atom. The Balaban J connectivity index is 2.73. The van der Waals surface area contributed by atoms with E-state index in [9.17, 15) is 4.39 Å². The van der Waals surface area contributed by atoms with Gasteiger partial charge in [-0.1, -0.05) is 19.1 Å². The molecule has 0 heterocycles. The monoisotopic (exact) mass is 88.1 g/mol. The van der Waals surface area contributed by atoms with Crippen molar-refractivity contribution in [1.82, 2.24) is 0 Å². The Morgan fingerprint density at radius 2 is 2.17 bits per heavy atom. The van der Waals surface area contributed by atoms with Gasteiger partial charge in [0.1, 0.15) is 6.67 Å². The lowest BCUT2D eigenvalue weighted by Gasteiger charge is -1.70. The summed E-state index contributed by atoms with van der Waals surface area (Å²) < 4.78 is 11.1. The van der Waals surface area contributed by atoms with Gasteiger partial charge in [0.05, 0.1) is 0 Å². The Hall–Kier alpha value is -0.330. The molecule has 0 rings (SSSR count). The van der Waals surface area contributed by atoms with Crippen molar-refractivity contribution < 1.29 is 4.39 Å². The summed E-state index contributed by atoms with van der Waals surface area (Å²) >= 11 is 0. The molecular weight excluding hydrogens is 79.1 g/mol. The van der Waals surface area contributed by atoms with Gasteiger partial charge in [-0.2, -0.15) is 0 Å². The molecule has 0 aromatic carbocycles. The lowest BCUT2D eigenvalue weighted by atomic mass is 10.4. The zero-order chi connectivity index (χ0) is 4.83. The predicted octanol–water partition coefficient (Wildman–Crippen LogP) is 1.92. The van der Waals surface area contributed by atoms with Gasteiger partial charge in [-0.05, 0) is 6.42 Å². The van der Waals surface area contributed by atoms with Gasteiger partial charge in [0, 0.05) is 0 Å². The van der Waals surface area contributed by atoms with Crippen LogP contribution >= 0.6 is 0 Å². The van der Waals surface area contributed by atoms with E-state index in [1.807, 2.05) is 6.92 Å². The average molecular weight is 88.1 g/mol. The molecule has 0 saturated heterocycles. The molecular formula is C5H9F. The minimum Gasteiger partial charge on any atom is -0.247 e. The van der Waals surface area contributed by atoms with Crippen LogP contribution in [-0.4, -0.2) is 6.67 Å². The second-order valence-corrected chi connectivity index (χ2v) is 1.03. The fourth-order valence-electron chi connectivity index (χ4n) is 0.230. The summed E-state index contributed by atoms with van der Waals surface area (Å²) in [6.07, 6.45) is 4.25. The molecule has 0 aromatic rings. The number of hydrogen-bond donors (Lipinski definition) is 0. The molecule has 0 aromatic heterocycles. The minimum absolute atomic E-state index is 0.326. The van der Waals surface area contributed by atoms with Gasteiger partial charge < -0.3 is 0 Å². The molecule has 0 aliphatic heterocycles. The van der Waals surface area contributed by atoms with Gasteiger partial charge in [-0.25, -0.2) is 4.39 Å². The second-order valence-electron chi connectivity index (χ2n) is 1.03. The van der Waals surface area contributed by atoms with Crippen LogP contribution in [0.4, 0.5) is 4.39 Å². The van der Waals surface area contributed by atoms with Crippen LogP contribution in [0.15, 0.2) is 12.2 Å². The van der Waals surface area contributed by atoms with E-state index >= 15 is 0 Å². The third-order valence-corrected chi connectivity index (χ3v) is 0.491. The molecule has 0 amide bonds. The summed E-state index contributed by atoms with van der Waals surface area (Å²) in [4.78, 5) is 0. The maximum absolute atomic E-state index is 11.1. The highest BCUT2D eigenvalue weighted by Crippen LogP contribution is 1.77. The van der Waals surface area contributed by atoms with Crippen LogP contribution < -0.4 is 0 Å². The molecule has 0 nitrogen and oxygen atoms in total. The fourth-order valence-corrected chi connectivity index (χ4v) is 0.230. The van der Waals surface area contributed by atoms with Crippen LogP contribution in [0.3, 0.4) is 0 Å². The summed E-state index contributed by atoms with van der Waals surface area (Å²) in [5.41, 5.74) is 0. The smallest absolute Gasteiger partial charge is 0.108 e. The molecule has 0 saturated carbocycles. The van der Waals surface area contributed by atoms with Crippen LogP contribution in [0.25, 0.3) is 0 Å². The zero-order valence-corrected chi connectivity index (χ0v) is 3.95. The quantitative estimate of drug-likeness (QED) is 0.452. The molecule has 0 aliphatic carbocycles. The molecule has 0 spiro atoms. The highest BCUT2D eigenvalue weighted by Gasteiger charge is 1.62. The molecule has 1 heteroatoms. The minimum atomic E-state index is -0.326. The van der Waals surface area contributed by atoms with Crippen molar-refractivity contribution in [3.05, 3.63) is 12.2 Å². The Labute approximate surface area is 37.7 Å². The topological polar surface area (TPSA) is 0 Å². The number of hydrogen-bond acceptors (Lipinski definition) is 0. The molecule has 0 fully saturated rings. The molecule has 0 atom stereocenters. The number of alkyl halides is 1. The summed E-state index contributed by atoms with van der Waals surface area (Å²) in [7, 11) is 0. The summed E-state index contributed by atoms with van der Waals surface area (Å²) in [6.45, 7) is 1.65. The molecule has 0 radical (unpaired) electrons. The van der Waals surface area contributed by atoms with Crippen LogP contribution in [0, 0.1) is 0 Å². The highest BCUT2D eigenvalue weighted by atomic mass is 19.1. The zero-order valence-electron chi connectivity index (χ0n) is 3.95. The third-order valence-electron chi connectivity index (χ3n) is 0.491. The van der Waals surface area contributed by atoms with Crippen LogP contribution in [-0.2, 0) is 0 Å². The van der Waals surface area contributed by atoms with Crippen molar-refractivity contribution in [1.29, 1.82) is 0 Å². The van der Waals surface area contributed by atoms with Crippen molar-refractivity contribution in [2.24, 2.45) is 0 Å². The van der Waals surface area contributed by atoms with Crippen molar-refractivity contribution in [3.8, 4) is 0 Å². The van der Waals surface area contributed by atoms with E-state index in [-0.39, 0.29) is 6.67 Å². The maximum Gasteiger partial charge on any atom is 0.108 e. The Kier molecular flexibility index (Phi) is 4.41. The summed E-state index contributed by atoms with van der Waals surface area (Å²) in [6, 6.07) is 0. The first-order valence-electron chi connectivity index (χ1n) is 2.12. The largest absolute Gasteiger partial charge is 0.247 e. The summed E-state index contributed by atoms with van der Waals surface area (Å²) in [5, 5.41) is 0. The van der Waals surface area contributed by atoms with Gasteiger partial charge in [0.15, 0.2) is 0 Å². The average Bonchev–Trinajstić information content (AvgIpc) is 1.61. The van der Waals surface area contributed by atoms with E-state index in [2.05, 4.69) is 0 Å². The lowest BCUT2D eigenvalue weighted by molar-refractivity contribution is 0.561. The third kappa shape index (κ3) is 3.67. The summed E-state index contributed by atoms with van der Waals surface area (Å²) in [5.74, 6) is 0. The Bertz CT molecular complexity index is 33.2. The van der Waals surface area contributed by atoms with Gasteiger partial charge in [0.2, 0.25) is 0 Å². The van der Waals surface area contributed by atoms with Gasteiger partial charge >= 0.3 is 0 Å². The molecule has 36 valence electrons. The predicted molar refractivity (Wildman–Crippen MR) is 25.4 cm³/mol. The molecule has 0 N–H and O–H groups in total. The molecule has 6 heavy (non-hydrogen) atoms. The van der Waals surface area contributed by atoms with Crippen molar-refractivity contribution >= 4 is 0 Å². The first-order valence-corrected chi connectivity index (χ1v) is 2.12. The van der Waals surface area contributed by atoms with Crippen molar-refractivity contribution in [2.45, 2.75) is 13.3 Å². The van der Waals surface area contributed by atoms with Gasteiger partial charge in [-0.3, -0.25) is 0 Å². The van der Waals surface area contributed by atoms with Gasteiger partial charge in [-0.15, -0.1) is 0 Å². The van der Waals surface area contributed by atoms with E-state index in [1.165, 1.54) is 6.08 Å². The van der Waals surface area contributed by atoms with Crippen molar-refractivity contribution in [3.63, 3.8) is 0 Å². The maximum atomic E-state index is 11.1. The van der Waals surface area contributed by atoms with E-state index < -0.39 is 0 Å². The fraction of sp³-hybridized carbons (Fsp3) is 0.600. The first-order chi connectivity index (χ1) is 2.91. The van der Waals surface area contributed by atoms with E-state index in [1.54, 1.807) is 6.08 Å². The first kappa shape index (κ1) is 5.67. The van der Waals surface area contributed by atoms with E-state index in [0.29, 0.717) is 0 Å². The highest BCUT2D eigenvalue weighted by molar-refractivity contribution is 4.78. The number of allylic oxidation sites excluding steroid dienone is 2. The van der Waals surface area contributed by atoms with E-state index in [4.69, 9.17) is 0 Å². The van der Waals surface area contributed by atoms with Crippen LogP contribution in [0.1, 0.15) is 13.3 Å². The molecule has 0 unspecified atom stereocenters. The Morgan fingerprint density at radius 1 is 1.50 bits per heavy atom. The normalized spacial score (nSPS) is 10.3. The number of halogens is 1. The lowest BCUT2D eigenvalue weighted by Crippen LogP contribution is -1.58. The van der Waals surface area contributed by atoms with Gasteiger partial charge in [0.25, 0.3) is 0 Å². The van der Waals surface area contributed by atoms with Crippen LogP contribution in [0.2, 0.25) is 0 Å². The SMILES string of the molecule is CC/C=C/CF. The number of rotatable bonds is 2. The van der Waals surface area contributed by atoms with Crippen molar-refractivity contribution in [2.75, 3.05) is 6.67 Å². The second kappa shape index (κ2) is 4.67. The molecule has 0 bridgehead atoms.